The Bertz CT molecular complexity index is 650. The first kappa shape index (κ1) is 15.2. The molecule has 1 amide bonds. The van der Waals surface area contributed by atoms with Gasteiger partial charge in [-0.3, -0.25) is 9.78 Å². The first-order valence-corrected chi connectivity index (χ1v) is 8.75. The molecule has 4 heteroatoms. The van der Waals surface area contributed by atoms with E-state index in [0.717, 1.165) is 29.2 Å². The number of hydrogen-bond acceptors (Lipinski definition) is 3. The van der Waals surface area contributed by atoms with Crippen molar-refractivity contribution in [3.05, 3.63) is 51.5 Å². The summed E-state index contributed by atoms with van der Waals surface area (Å²) < 4.78 is 0. The number of fused-ring (bicyclic) bond motifs is 1. The first-order chi connectivity index (χ1) is 10.7. The Kier molecular flexibility index (Phi) is 4.57. The van der Waals surface area contributed by atoms with E-state index >= 15 is 0 Å². The van der Waals surface area contributed by atoms with Gasteiger partial charge in [0.1, 0.15) is 0 Å². The van der Waals surface area contributed by atoms with Gasteiger partial charge in [-0.15, -0.1) is 11.3 Å². The van der Waals surface area contributed by atoms with E-state index in [-0.39, 0.29) is 5.91 Å². The van der Waals surface area contributed by atoms with Crippen LogP contribution in [-0.4, -0.2) is 22.8 Å². The molecule has 1 aliphatic rings. The highest BCUT2D eigenvalue weighted by molar-refractivity contribution is 7.14. The average Bonchev–Trinajstić information content (AvgIpc) is 2.97. The van der Waals surface area contributed by atoms with Crippen LogP contribution in [0.5, 0.6) is 0 Å². The summed E-state index contributed by atoms with van der Waals surface area (Å²) in [6.07, 6.45) is 8.35. The van der Waals surface area contributed by atoms with Crippen LogP contribution < -0.4 is 0 Å². The maximum atomic E-state index is 12.6. The van der Waals surface area contributed by atoms with Crippen LogP contribution in [0, 0.1) is 5.92 Å². The van der Waals surface area contributed by atoms with E-state index in [2.05, 4.69) is 18.0 Å². The fraction of sp³-hybridized carbons (Fsp3) is 0.444. The Labute approximate surface area is 136 Å². The van der Waals surface area contributed by atoms with Gasteiger partial charge in [-0.1, -0.05) is 19.4 Å². The van der Waals surface area contributed by atoms with Crippen LogP contribution in [0.1, 0.15) is 45.4 Å². The van der Waals surface area contributed by atoms with Gasteiger partial charge in [-0.2, -0.15) is 0 Å². The van der Waals surface area contributed by atoms with Crippen molar-refractivity contribution in [2.24, 2.45) is 5.92 Å². The Morgan fingerprint density at radius 1 is 1.50 bits per heavy atom. The van der Waals surface area contributed by atoms with E-state index in [1.807, 2.05) is 25.4 Å². The van der Waals surface area contributed by atoms with Crippen molar-refractivity contribution in [3.63, 3.8) is 0 Å². The summed E-state index contributed by atoms with van der Waals surface area (Å²) in [7, 11) is 1.86. The molecule has 0 aliphatic heterocycles. The van der Waals surface area contributed by atoms with E-state index in [1.165, 1.54) is 23.3 Å². The maximum Gasteiger partial charge on any atom is 0.263 e. The van der Waals surface area contributed by atoms with Crippen LogP contribution in [0.3, 0.4) is 0 Å². The molecule has 0 aromatic carbocycles. The molecule has 2 aromatic rings. The van der Waals surface area contributed by atoms with Crippen molar-refractivity contribution in [3.8, 4) is 0 Å². The van der Waals surface area contributed by atoms with Gasteiger partial charge in [-0.25, -0.2) is 0 Å². The van der Waals surface area contributed by atoms with Crippen molar-refractivity contribution < 1.29 is 4.79 Å². The Balaban J connectivity index is 1.71. The summed E-state index contributed by atoms with van der Waals surface area (Å²) in [4.78, 5) is 20.8. The third kappa shape index (κ3) is 3.22. The van der Waals surface area contributed by atoms with Gasteiger partial charge in [-0.05, 0) is 48.4 Å². The molecular weight excluding hydrogens is 292 g/mol. The summed E-state index contributed by atoms with van der Waals surface area (Å²) >= 11 is 1.69. The summed E-state index contributed by atoms with van der Waals surface area (Å²) in [5, 5.41) is 0. The van der Waals surface area contributed by atoms with Crippen molar-refractivity contribution in [2.45, 2.75) is 39.2 Å². The van der Waals surface area contributed by atoms with Crippen LogP contribution in [0.2, 0.25) is 0 Å². The lowest BCUT2D eigenvalue weighted by Crippen LogP contribution is -2.25. The third-order valence-electron chi connectivity index (χ3n) is 4.46. The quantitative estimate of drug-likeness (QED) is 0.856. The van der Waals surface area contributed by atoms with E-state index in [1.54, 1.807) is 22.4 Å². The van der Waals surface area contributed by atoms with Gasteiger partial charge in [0.2, 0.25) is 0 Å². The molecule has 22 heavy (non-hydrogen) atoms. The number of carbonyl (C=O) groups is 1. The van der Waals surface area contributed by atoms with Crippen LogP contribution in [0.15, 0.2) is 30.6 Å². The second-order valence-corrected chi connectivity index (χ2v) is 7.24. The van der Waals surface area contributed by atoms with E-state index in [0.29, 0.717) is 6.54 Å². The van der Waals surface area contributed by atoms with Gasteiger partial charge < -0.3 is 4.90 Å². The minimum atomic E-state index is 0.122. The molecule has 0 bridgehead atoms. The van der Waals surface area contributed by atoms with Gasteiger partial charge in [0.25, 0.3) is 5.91 Å². The molecule has 0 saturated carbocycles. The lowest BCUT2D eigenvalue weighted by Gasteiger charge is -2.19. The topological polar surface area (TPSA) is 33.2 Å². The lowest BCUT2D eigenvalue weighted by molar-refractivity contribution is 0.0789. The smallest absolute Gasteiger partial charge is 0.263 e. The summed E-state index contributed by atoms with van der Waals surface area (Å²) in [6, 6.07) is 6.04. The molecule has 1 atom stereocenters. The highest BCUT2D eigenvalue weighted by atomic mass is 32.1. The number of nitrogens with zero attached hydrogens (tertiary/aromatic N) is 2. The molecule has 3 nitrogen and oxygen atoms in total. The van der Waals surface area contributed by atoms with Gasteiger partial charge >= 0.3 is 0 Å². The third-order valence-corrected chi connectivity index (χ3v) is 5.69. The molecule has 1 unspecified atom stereocenters. The van der Waals surface area contributed by atoms with E-state index in [4.69, 9.17) is 0 Å². The summed E-state index contributed by atoms with van der Waals surface area (Å²) in [5.74, 6) is 0.912. The second kappa shape index (κ2) is 6.61. The van der Waals surface area contributed by atoms with Crippen LogP contribution in [-0.2, 0) is 19.4 Å². The van der Waals surface area contributed by atoms with Crippen LogP contribution in [0.4, 0.5) is 0 Å². The molecule has 2 heterocycles. The predicted molar refractivity (Wildman–Crippen MR) is 90.2 cm³/mol. The maximum absolute atomic E-state index is 12.6. The zero-order valence-corrected chi connectivity index (χ0v) is 14.0. The Morgan fingerprint density at radius 3 is 3.09 bits per heavy atom. The molecular formula is C18H22N2OS. The summed E-state index contributed by atoms with van der Waals surface area (Å²) in [5.41, 5.74) is 2.46. The number of rotatable bonds is 4. The molecule has 2 aromatic heterocycles. The monoisotopic (exact) mass is 314 g/mol. The highest BCUT2D eigenvalue weighted by Gasteiger charge is 2.23. The van der Waals surface area contributed by atoms with Crippen molar-refractivity contribution in [2.75, 3.05) is 7.05 Å². The number of aromatic nitrogens is 1. The molecule has 3 rings (SSSR count). The first-order valence-electron chi connectivity index (χ1n) is 7.93. The van der Waals surface area contributed by atoms with Gasteiger partial charge in [0, 0.05) is 30.9 Å². The highest BCUT2D eigenvalue weighted by Crippen LogP contribution is 2.34. The Hall–Kier alpha value is -1.68. The van der Waals surface area contributed by atoms with Crippen molar-refractivity contribution in [1.82, 2.24) is 9.88 Å². The molecule has 1 aliphatic carbocycles. The number of aryl methyl sites for hydroxylation is 1. The number of amides is 1. The average molecular weight is 314 g/mol. The largest absolute Gasteiger partial charge is 0.337 e. The van der Waals surface area contributed by atoms with Crippen LogP contribution in [0.25, 0.3) is 0 Å². The molecule has 0 spiro atoms. The predicted octanol–water partition coefficient (Wildman–Crippen LogP) is 3.93. The minimum absolute atomic E-state index is 0.122. The Morgan fingerprint density at radius 2 is 2.36 bits per heavy atom. The van der Waals surface area contributed by atoms with E-state index < -0.39 is 0 Å². The zero-order valence-electron chi connectivity index (χ0n) is 13.2. The van der Waals surface area contributed by atoms with Crippen molar-refractivity contribution in [1.29, 1.82) is 0 Å². The SMILES string of the molecule is CCC1CCc2sc(C(=O)N(C)Cc3cccnc3)cc2C1. The molecule has 0 fully saturated rings. The summed E-state index contributed by atoms with van der Waals surface area (Å²) in [6.45, 7) is 2.86. The van der Waals surface area contributed by atoms with Gasteiger partial charge in [0.05, 0.1) is 4.88 Å². The number of pyridine rings is 1. The zero-order chi connectivity index (χ0) is 15.5. The molecule has 116 valence electrons. The number of hydrogen-bond donors (Lipinski definition) is 0. The minimum Gasteiger partial charge on any atom is -0.337 e. The van der Waals surface area contributed by atoms with Crippen LogP contribution >= 0.6 is 11.3 Å². The standard InChI is InChI=1S/C18H22N2OS/c1-3-13-6-7-16-15(9-13)10-17(22-16)18(21)20(2)12-14-5-4-8-19-11-14/h4-5,8,10-11,13H,3,6-7,9,12H2,1-2H3. The van der Waals surface area contributed by atoms with Crippen molar-refractivity contribution >= 4 is 17.2 Å². The fourth-order valence-electron chi connectivity index (χ4n) is 3.08. The fourth-order valence-corrected chi connectivity index (χ4v) is 4.28. The van der Waals surface area contributed by atoms with E-state index in [9.17, 15) is 4.79 Å². The second-order valence-electron chi connectivity index (χ2n) is 6.10. The number of thiophene rings is 1. The lowest BCUT2D eigenvalue weighted by atomic mass is 9.87. The normalized spacial score (nSPS) is 17.1. The van der Waals surface area contributed by atoms with Gasteiger partial charge in [0.15, 0.2) is 0 Å². The molecule has 0 saturated heterocycles. The number of carbonyl (C=O) groups excluding carboxylic acids is 1. The molecule has 0 N–H and O–H groups in total. The molecule has 0 radical (unpaired) electrons.